The molecule has 4 aromatic rings. The molecular formula is C30H30Br2N4O4. The van der Waals surface area contributed by atoms with Crippen LogP contribution in [0.4, 0.5) is 5.69 Å². The van der Waals surface area contributed by atoms with E-state index in [9.17, 15) is 9.59 Å². The van der Waals surface area contributed by atoms with Crippen molar-refractivity contribution in [2.24, 2.45) is 5.10 Å². The molecule has 0 spiro atoms. The van der Waals surface area contributed by atoms with Crippen molar-refractivity contribution in [2.75, 3.05) is 18.5 Å². The van der Waals surface area contributed by atoms with Crippen LogP contribution in [0.25, 0.3) is 10.9 Å². The zero-order chi connectivity index (χ0) is 28.6. The first-order chi connectivity index (χ1) is 19.3. The molecule has 0 aliphatic heterocycles. The second-order valence-electron chi connectivity index (χ2n) is 9.06. The highest BCUT2D eigenvalue weighted by Gasteiger charge is 2.14. The van der Waals surface area contributed by atoms with Crippen molar-refractivity contribution in [3.63, 3.8) is 0 Å². The van der Waals surface area contributed by atoms with Gasteiger partial charge in [0.25, 0.3) is 11.5 Å². The standard InChI is InChI=1S/C30H30Br2N4O4/c1-4-6-11-28-34-25-13-12-21(31)15-22(25)30(38)36(28)33-17-20-14-26(39-5-2)27(16-23(20)32)40-18-29(37)35-24-10-8-7-9-19(24)3/h7-10,12-17H,4-6,11,18H2,1-3H3,(H,35,37). The summed E-state index contributed by atoms with van der Waals surface area (Å²) in [4.78, 5) is 30.6. The number of hydrogen-bond acceptors (Lipinski definition) is 6. The smallest absolute Gasteiger partial charge is 0.282 e. The number of ether oxygens (including phenoxy) is 2. The van der Waals surface area contributed by atoms with Gasteiger partial charge in [0.1, 0.15) is 5.82 Å². The maximum absolute atomic E-state index is 13.4. The highest BCUT2D eigenvalue weighted by atomic mass is 79.9. The third kappa shape index (κ3) is 7.17. The van der Waals surface area contributed by atoms with E-state index in [1.165, 1.54) is 4.68 Å². The molecule has 0 aliphatic rings. The molecule has 208 valence electrons. The van der Waals surface area contributed by atoms with E-state index in [1.54, 1.807) is 24.4 Å². The molecule has 0 fully saturated rings. The fourth-order valence-electron chi connectivity index (χ4n) is 4.00. The van der Waals surface area contributed by atoms with Crippen molar-refractivity contribution in [1.29, 1.82) is 0 Å². The Bertz CT molecular complexity index is 1620. The third-order valence-corrected chi connectivity index (χ3v) is 7.26. The van der Waals surface area contributed by atoms with Crippen LogP contribution in [0.3, 0.4) is 0 Å². The van der Waals surface area contributed by atoms with E-state index in [0.717, 1.165) is 28.6 Å². The van der Waals surface area contributed by atoms with Gasteiger partial charge in [-0.3, -0.25) is 9.59 Å². The van der Waals surface area contributed by atoms with E-state index < -0.39 is 0 Å². The number of aromatic nitrogens is 2. The van der Waals surface area contributed by atoms with Gasteiger partial charge in [-0.1, -0.05) is 47.5 Å². The zero-order valence-corrected chi connectivity index (χ0v) is 25.7. The monoisotopic (exact) mass is 668 g/mol. The fourth-order valence-corrected chi connectivity index (χ4v) is 4.79. The maximum Gasteiger partial charge on any atom is 0.282 e. The molecule has 1 N–H and O–H groups in total. The number of carbonyl (C=O) groups is 1. The Balaban J connectivity index is 1.61. The van der Waals surface area contributed by atoms with Crippen LogP contribution in [0.15, 0.2) is 73.4 Å². The maximum atomic E-state index is 13.4. The van der Waals surface area contributed by atoms with Crippen LogP contribution in [0.1, 0.15) is 43.6 Å². The minimum absolute atomic E-state index is 0.192. The quantitative estimate of drug-likeness (QED) is 0.176. The Labute approximate surface area is 249 Å². The summed E-state index contributed by atoms with van der Waals surface area (Å²) in [6.07, 6.45) is 4.05. The van der Waals surface area contributed by atoms with E-state index in [1.807, 2.05) is 50.2 Å². The molecule has 0 saturated carbocycles. The average Bonchev–Trinajstić information content (AvgIpc) is 2.93. The van der Waals surface area contributed by atoms with Gasteiger partial charge in [-0.2, -0.15) is 9.78 Å². The van der Waals surface area contributed by atoms with Gasteiger partial charge in [0.15, 0.2) is 18.1 Å². The lowest BCUT2D eigenvalue weighted by Crippen LogP contribution is -2.22. The molecule has 1 heterocycles. The fraction of sp³-hybridized carbons (Fsp3) is 0.267. The number of anilines is 1. The van der Waals surface area contributed by atoms with Gasteiger partial charge in [-0.25, -0.2) is 4.98 Å². The summed E-state index contributed by atoms with van der Waals surface area (Å²) in [6.45, 7) is 6.08. The molecule has 1 aromatic heterocycles. The average molecular weight is 670 g/mol. The normalized spacial score (nSPS) is 11.2. The van der Waals surface area contributed by atoms with E-state index in [-0.39, 0.29) is 18.1 Å². The lowest BCUT2D eigenvalue weighted by atomic mass is 10.2. The summed E-state index contributed by atoms with van der Waals surface area (Å²) < 4.78 is 14.4. The molecule has 0 unspecified atom stereocenters. The predicted molar refractivity (Wildman–Crippen MR) is 166 cm³/mol. The topological polar surface area (TPSA) is 94.8 Å². The molecule has 4 rings (SSSR count). The summed E-state index contributed by atoms with van der Waals surface area (Å²) in [5.41, 5.74) is 2.76. The SMILES string of the molecule is CCCCc1nc2ccc(Br)cc2c(=O)n1N=Cc1cc(OCC)c(OCC(=O)Nc2ccccc2C)cc1Br. The molecule has 0 atom stereocenters. The van der Waals surface area contributed by atoms with Gasteiger partial charge in [0, 0.05) is 26.6 Å². The number of amides is 1. The Morgan fingerprint density at radius 2 is 1.85 bits per heavy atom. The van der Waals surface area contributed by atoms with E-state index in [2.05, 4.69) is 49.2 Å². The van der Waals surface area contributed by atoms with Crippen LogP contribution in [0, 0.1) is 6.92 Å². The minimum Gasteiger partial charge on any atom is -0.490 e. The van der Waals surface area contributed by atoms with Crippen LogP contribution in [0.5, 0.6) is 11.5 Å². The molecule has 3 aromatic carbocycles. The second-order valence-corrected chi connectivity index (χ2v) is 10.8. The van der Waals surface area contributed by atoms with Crippen molar-refractivity contribution in [2.45, 2.75) is 40.0 Å². The Morgan fingerprint density at radius 3 is 2.60 bits per heavy atom. The number of carbonyl (C=O) groups excluding carboxylic acids is 1. The summed E-state index contributed by atoms with van der Waals surface area (Å²) in [5.74, 6) is 1.17. The molecule has 1 amide bonds. The number of rotatable bonds is 11. The van der Waals surface area contributed by atoms with E-state index >= 15 is 0 Å². The summed E-state index contributed by atoms with van der Waals surface area (Å²) in [5, 5.41) is 7.88. The summed E-state index contributed by atoms with van der Waals surface area (Å²) in [6, 6.07) is 16.5. The third-order valence-electron chi connectivity index (χ3n) is 6.08. The summed E-state index contributed by atoms with van der Waals surface area (Å²) in [7, 11) is 0. The number of aryl methyl sites for hydroxylation is 2. The number of fused-ring (bicyclic) bond motifs is 1. The molecule has 40 heavy (non-hydrogen) atoms. The molecule has 8 nitrogen and oxygen atoms in total. The molecule has 0 aliphatic carbocycles. The van der Waals surface area contributed by atoms with Crippen molar-refractivity contribution in [3.8, 4) is 11.5 Å². The first-order valence-electron chi connectivity index (χ1n) is 13.0. The minimum atomic E-state index is -0.284. The second kappa shape index (κ2) is 13.7. The number of halogens is 2. The molecular weight excluding hydrogens is 640 g/mol. The number of nitrogens with zero attached hydrogens (tertiary/aromatic N) is 3. The summed E-state index contributed by atoms with van der Waals surface area (Å²) >= 11 is 7.00. The predicted octanol–water partition coefficient (Wildman–Crippen LogP) is 6.87. The van der Waals surface area contributed by atoms with E-state index in [4.69, 9.17) is 14.5 Å². The molecule has 0 saturated heterocycles. The van der Waals surface area contributed by atoms with Crippen molar-refractivity contribution >= 4 is 60.6 Å². The van der Waals surface area contributed by atoms with Crippen molar-refractivity contribution in [3.05, 3.63) is 90.8 Å². The Kier molecular flexibility index (Phi) is 10.1. The number of para-hydroxylation sites is 1. The van der Waals surface area contributed by atoms with Crippen LogP contribution in [0.2, 0.25) is 0 Å². The van der Waals surface area contributed by atoms with Gasteiger partial charge in [-0.15, -0.1) is 0 Å². The first kappa shape index (κ1) is 29.5. The first-order valence-corrected chi connectivity index (χ1v) is 14.6. The largest absolute Gasteiger partial charge is 0.490 e. The van der Waals surface area contributed by atoms with Crippen LogP contribution in [-0.4, -0.2) is 35.0 Å². The van der Waals surface area contributed by atoms with Gasteiger partial charge in [-0.05, 0) is 78.2 Å². The van der Waals surface area contributed by atoms with Gasteiger partial charge in [0.2, 0.25) is 0 Å². The molecule has 0 bridgehead atoms. The van der Waals surface area contributed by atoms with Gasteiger partial charge >= 0.3 is 0 Å². The number of benzene rings is 3. The van der Waals surface area contributed by atoms with Crippen molar-refractivity contribution < 1.29 is 14.3 Å². The number of nitrogens with one attached hydrogen (secondary N) is 1. The Hall–Kier alpha value is -3.50. The number of unbranched alkanes of at least 4 members (excludes halogenated alkanes) is 1. The van der Waals surface area contributed by atoms with Gasteiger partial charge < -0.3 is 14.8 Å². The number of hydrogen-bond donors (Lipinski definition) is 1. The van der Waals surface area contributed by atoms with Crippen LogP contribution >= 0.6 is 31.9 Å². The van der Waals surface area contributed by atoms with E-state index in [0.29, 0.717) is 51.3 Å². The van der Waals surface area contributed by atoms with Crippen LogP contribution < -0.4 is 20.3 Å². The highest BCUT2D eigenvalue weighted by Crippen LogP contribution is 2.33. The zero-order valence-electron chi connectivity index (χ0n) is 22.5. The Morgan fingerprint density at radius 1 is 1.07 bits per heavy atom. The van der Waals surface area contributed by atoms with Gasteiger partial charge in [0.05, 0.1) is 23.7 Å². The van der Waals surface area contributed by atoms with Crippen molar-refractivity contribution in [1.82, 2.24) is 9.66 Å². The lowest BCUT2D eigenvalue weighted by Gasteiger charge is -2.14. The highest BCUT2D eigenvalue weighted by molar-refractivity contribution is 9.10. The molecule has 10 heteroatoms. The molecule has 0 radical (unpaired) electrons. The lowest BCUT2D eigenvalue weighted by molar-refractivity contribution is -0.118. The van der Waals surface area contributed by atoms with Crippen LogP contribution in [-0.2, 0) is 11.2 Å².